The van der Waals surface area contributed by atoms with Crippen LogP contribution >= 0.6 is 0 Å². The summed E-state index contributed by atoms with van der Waals surface area (Å²) in [5, 5.41) is 3.83. The second-order valence-electron chi connectivity index (χ2n) is 8.61. The van der Waals surface area contributed by atoms with Crippen LogP contribution in [0.3, 0.4) is 0 Å². The molecular weight excluding hydrogens is 244 g/mol. The van der Waals surface area contributed by atoms with Crippen molar-refractivity contribution in [1.82, 2.24) is 10.2 Å². The molecule has 2 heteroatoms. The van der Waals surface area contributed by atoms with E-state index >= 15 is 0 Å². The molecule has 1 saturated heterocycles. The Morgan fingerprint density at radius 2 is 1.75 bits per heavy atom. The first-order valence-electron chi connectivity index (χ1n) is 8.87. The fourth-order valence-corrected chi connectivity index (χ4v) is 4.19. The molecule has 118 valence electrons. The molecule has 0 aromatic rings. The summed E-state index contributed by atoms with van der Waals surface area (Å²) in [6, 6.07) is 2.26. The van der Waals surface area contributed by atoms with Crippen LogP contribution in [0.25, 0.3) is 0 Å². The molecule has 1 aliphatic carbocycles. The Morgan fingerprint density at radius 1 is 1.10 bits per heavy atom. The maximum Gasteiger partial charge on any atom is 0.0272 e. The quantitative estimate of drug-likeness (QED) is 0.839. The molecule has 1 heterocycles. The third-order valence-electron chi connectivity index (χ3n) is 5.23. The highest BCUT2D eigenvalue weighted by atomic mass is 15.3. The molecule has 1 N–H and O–H groups in total. The highest BCUT2D eigenvalue weighted by Gasteiger charge is 2.39. The van der Waals surface area contributed by atoms with Gasteiger partial charge in [0.1, 0.15) is 0 Å². The van der Waals surface area contributed by atoms with Crippen molar-refractivity contribution >= 4 is 0 Å². The summed E-state index contributed by atoms with van der Waals surface area (Å²) in [5.41, 5.74) is 0.382. The van der Waals surface area contributed by atoms with Crippen molar-refractivity contribution in [3.63, 3.8) is 0 Å². The van der Waals surface area contributed by atoms with Gasteiger partial charge in [0.05, 0.1) is 0 Å². The van der Waals surface area contributed by atoms with Gasteiger partial charge in [-0.15, -0.1) is 0 Å². The highest BCUT2D eigenvalue weighted by molar-refractivity contribution is 4.96. The second-order valence-corrected chi connectivity index (χ2v) is 8.61. The Balaban J connectivity index is 2.05. The molecular formula is C18H36N2. The van der Waals surface area contributed by atoms with E-state index in [1.54, 1.807) is 0 Å². The highest BCUT2D eigenvalue weighted by Crippen LogP contribution is 2.33. The van der Waals surface area contributed by atoms with Gasteiger partial charge in [0.15, 0.2) is 0 Å². The summed E-state index contributed by atoms with van der Waals surface area (Å²) in [6.45, 7) is 14.4. The number of rotatable bonds is 3. The number of hydrogen-bond donors (Lipinski definition) is 1. The Labute approximate surface area is 126 Å². The van der Waals surface area contributed by atoms with Gasteiger partial charge in [-0.2, -0.15) is 0 Å². The van der Waals surface area contributed by atoms with Crippen LogP contribution in [-0.4, -0.2) is 36.1 Å². The van der Waals surface area contributed by atoms with Crippen molar-refractivity contribution in [2.24, 2.45) is 11.3 Å². The van der Waals surface area contributed by atoms with E-state index in [2.05, 4.69) is 44.8 Å². The average molecular weight is 280 g/mol. The van der Waals surface area contributed by atoms with Gasteiger partial charge in [0.2, 0.25) is 0 Å². The lowest BCUT2D eigenvalue weighted by Gasteiger charge is -2.51. The smallest absolute Gasteiger partial charge is 0.0272 e. The molecule has 2 fully saturated rings. The predicted molar refractivity (Wildman–Crippen MR) is 88.1 cm³/mol. The minimum atomic E-state index is 0.382. The van der Waals surface area contributed by atoms with E-state index in [0.717, 1.165) is 12.0 Å². The lowest BCUT2D eigenvalue weighted by Crippen LogP contribution is -2.63. The van der Waals surface area contributed by atoms with Gasteiger partial charge in [0.25, 0.3) is 0 Å². The molecule has 2 aliphatic rings. The molecule has 0 bridgehead atoms. The van der Waals surface area contributed by atoms with Crippen molar-refractivity contribution in [3.05, 3.63) is 0 Å². The van der Waals surface area contributed by atoms with Gasteiger partial charge in [-0.3, -0.25) is 4.90 Å². The van der Waals surface area contributed by atoms with Crippen LogP contribution in [0.1, 0.15) is 73.1 Å². The van der Waals surface area contributed by atoms with E-state index < -0.39 is 0 Å². The molecule has 2 atom stereocenters. The van der Waals surface area contributed by atoms with Gasteiger partial charge in [-0.25, -0.2) is 0 Å². The summed E-state index contributed by atoms with van der Waals surface area (Å²) >= 11 is 0. The Kier molecular flexibility index (Phi) is 5.53. The monoisotopic (exact) mass is 280 g/mol. The van der Waals surface area contributed by atoms with Crippen LogP contribution in [0.5, 0.6) is 0 Å². The van der Waals surface area contributed by atoms with Crippen LogP contribution in [-0.2, 0) is 0 Å². The van der Waals surface area contributed by atoms with Crippen molar-refractivity contribution in [2.75, 3.05) is 13.1 Å². The molecule has 0 radical (unpaired) electrons. The lowest BCUT2D eigenvalue weighted by atomic mass is 9.80. The Bertz CT molecular complexity index is 286. The molecule has 2 nitrogen and oxygen atoms in total. The topological polar surface area (TPSA) is 15.3 Å². The van der Waals surface area contributed by atoms with E-state index in [1.165, 1.54) is 51.6 Å². The van der Waals surface area contributed by atoms with Crippen molar-refractivity contribution in [1.29, 1.82) is 0 Å². The summed E-state index contributed by atoms with van der Waals surface area (Å²) < 4.78 is 0. The van der Waals surface area contributed by atoms with Crippen LogP contribution in [0.2, 0.25) is 0 Å². The molecule has 1 aliphatic heterocycles. The third-order valence-corrected chi connectivity index (χ3v) is 5.23. The average Bonchev–Trinajstić information content (AvgIpc) is 2.37. The largest absolute Gasteiger partial charge is 0.311 e. The van der Waals surface area contributed by atoms with Crippen LogP contribution in [0, 0.1) is 11.3 Å². The van der Waals surface area contributed by atoms with E-state index in [4.69, 9.17) is 0 Å². The molecule has 2 unspecified atom stereocenters. The molecule has 0 aromatic heterocycles. The van der Waals surface area contributed by atoms with E-state index in [0.29, 0.717) is 17.5 Å². The van der Waals surface area contributed by atoms with Crippen molar-refractivity contribution in [3.8, 4) is 0 Å². The van der Waals surface area contributed by atoms with Crippen LogP contribution in [0.15, 0.2) is 0 Å². The number of nitrogens with one attached hydrogen (secondary N) is 1. The second kappa shape index (κ2) is 6.79. The minimum Gasteiger partial charge on any atom is -0.311 e. The maximum absolute atomic E-state index is 3.83. The lowest BCUT2D eigenvalue weighted by molar-refractivity contribution is 0.00497. The zero-order valence-corrected chi connectivity index (χ0v) is 14.4. The van der Waals surface area contributed by atoms with Crippen LogP contribution < -0.4 is 5.32 Å². The third kappa shape index (κ3) is 4.21. The van der Waals surface area contributed by atoms with E-state index in [-0.39, 0.29) is 0 Å². The standard InChI is InChI=1S/C18H36N2/c1-14(2)11-15-13-20(16-9-7-6-8-10-16)17(12-19-15)18(3,4)5/h14-17,19H,6-13H2,1-5H3. The van der Waals surface area contributed by atoms with Gasteiger partial charge in [0, 0.05) is 31.2 Å². The number of nitrogens with zero attached hydrogens (tertiary/aromatic N) is 1. The van der Waals surface area contributed by atoms with Crippen LogP contribution in [0.4, 0.5) is 0 Å². The minimum absolute atomic E-state index is 0.382. The normalized spacial score (nSPS) is 30.9. The summed E-state index contributed by atoms with van der Waals surface area (Å²) in [4.78, 5) is 2.89. The Morgan fingerprint density at radius 3 is 2.30 bits per heavy atom. The molecule has 0 aromatic carbocycles. The van der Waals surface area contributed by atoms with E-state index in [9.17, 15) is 0 Å². The zero-order valence-electron chi connectivity index (χ0n) is 14.4. The van der Waals surface area contributed by atoms with Gasteiger partial charge in [-0.05, 0) is 30.6 Å². The number of hydrogen-bond acceptors (Lipinski definition) is 2. The fraction of sp³-hybridized carbons (Fsp3) is 1.00. The molecule has 1 saturated carbocycles. The van der Waals surface area contributed by atoms with Gasteiger partial charge in [-0.1, -0.05) is 53.9 Å². The van der Waals surface area contributed by atoms with Gasteiger partial charge < -0.3 is 5.32 Å². The first-order chi connectivity index (χ1) is 9.38. The first kappa shape index (κ1) is 16.3. The van der Waals surface area contributed by atoms with Gasteiger partial charge >= 0.3 is 0 Å². The zero-order chi connectivity index (χ0) is 14.8. The van der Waals surface area contributed by atoms with Crippen molar-refractivity contribution in [2.45, 2.75) is 91.3 Å². The SMILES string of the molecule is CC(C)CC1CN(C2CCCCC2)C(C(C)(C)C)CN1. The van der Waals surface area contributed by atoms with E-state index in [1.807, 2.05) is 0 Å². The predicted octanol–water partition coefficient (Wildman–Crippen LogP) is 4.05. The Hall–Kier alpha value is -0.0800. The number of piperazine rings is 1. The fourth-order valence-electron chi connectivity index (χ4n) is 4.19. The molecule has 0 spiro atoms. The first-order valence-corrected chi connectivity index (χ1v) is 8.87. The molecule has 0 amide bonds. The summed E-state index contributed by atoms with van der Waals surface area (Å²) in [6.07, 6.45) is 8.53. The summed E-state index contributed by atoms with van der Waals surface area (Å²) in [5.74, 6) is 0.798. The maximum atomic E-state index is 3.83. The molecule has 20 heavy (non-hydrogen) atoms. The van der Waals surface area contributed by atoms with Crippen molar-refractivity contribution < 1.29 is 0 Å². The molecule has 2 rings (SSSR count). The summed E-state index contributed by atoms with van der Waals surface area (Å²) in [7, 11) is 0.